The summed E-state index contributed by atoms with van der Waals surface area (Å²) in [6.45, 7) is 7.86. The number of esters is 1. The van der Waals surface area contributed by atoms with Crippen molar-refractivity contribution in [3.05, 3.63) is 70.3 Å². The number of alkyl halides is 1. The average Bonchev–Trinajstić information content (AvgIpc) is 2.64. The van der Waals surface area contributed by atoms with E-state index in [1.807, 2.05) is 39.0 Å². The topological polar surface area (TPSA) is 26.3 Å². The van der Waals surface area contributed by atoms with Crippen LogP contribution in [0.3, 0.4) is 0 Å². The zero-order chi connectivity index (χ0) is 21.4. The molecule has 1 aliphatic carbocycles. The number of allylic oxidation sites excluding steroid dienone is 6. The summed E-state index contributed by atoms with van der Waals surface area (Å²) < 4.78 is 5.47. The summed E-state index contributed by atoms with van der Waals surface area (Å²) in [5.74, 6) is 0.0969. The Kier molecular flexibility index (Phi) is 9.23. The lowest BCUT2D eigenvalue weighted by atomic mass is 9.87. The molecule has 1 aliphatic rings. The number of carbonyl (C=O) groups excluding carboxylic acids is 1. The van der Waals surface area contributed by atoms with Gasteiger partial charge in [-0.15, -0.1) is 0 Å². The summed E-state index contributed by atoms with van der Waals surface area (Å²) in [7, 11) is 0. The van der Waals surface area contributed by atoms with Crippen LogP contribution in [-0.2, 0) is 4.74 Å². The lowest BCUT2D eigenvalue weighted by Gasteiger charge is -2.24. The Morgan fingerprint density at radius 3 is 2.41 bits per heavy atom. The molecule has 0 aliphatic heterocycles. The first kappa shape index (κ1) is 24.0. The molecule has 0 spiro atoms. The predicted octanol–water partition coefficient (Wildman–Crippen LogP) is 8.08. The third-order valence-electron chi connectivity index (χ3n) is 4.81. The first-order valence-electron chi connectivity index (χ1n) is 10.4. The van der Waals surface area contributed by atoms with Crippen LogP contribution in [0.15, 0.2) is 59.2 Å². The van der Waals surface area contributed by atoms with Gasteiger partial charge in [-0.25, -0.2) is 4.79 Å². The van der Waals surface area contributed by atoms with E-state index in [1.165, 1.54) is 11.1 Å². The van der Waals surface area contributed by atoms with E-state index >= 15 is 0 Å². The van der Waals surface area contributed by atoms with E-state index in [0.717, 1.165) is 37.1 Å². The van der Waals surface area contributed by atoms with Crippen molar-refractivity contribution < 1.29 is 9.53 Å². The van der Waals surface area contributed by atoms with Gasteiger partial charge in [-0.1, -0.05) is 76.8 Å². The molecule has 0 amide bonds. The molecule has 1 aromatic carbocycles. The average molecular weight is 480 g/mol. The highest BCUT2D eigenvalue weighted by atomic mass is 79.9. The lowest BCUT2D eigenvalue weighted by molar-refractivity contribution is 0.00695. The molecule has 0 saturated carbocycles. The van der Waals surface area contributed by atoms with E-state index < -0.39 is 5.60 Å². The third-order valence-corrected chi connectivity index (χ3v) is 6.05. The molecule has 0 saturated heterocycles. The van der Waals surface area contributed by atoms with Crippen LogP contribution >= 0.6 is 27.5 Å². The molecule has 4 heteroatoms. The van der Waals surface area contributed by atoms with Crippen molar-refractivity contribution in [3.63, 3.8) is 0 Å². The van der Waals surface area contributed by atoms with Gasteiger partial charge in [0.2, 0.25) is 0 Å². The number of rotatable bonds is 7. The SMILES string of the molecule is CCCC(c1ccc(C(=O)OC(C)(C)C)cc1)C(Br)CC1=CCCC=C(Cl)C=C1. The van der Waals surface area contributed by atoms with Crippen molar-refractivity contribution in [1.29, 1.82) is 0 Å². The number of carbonyl (C=O) groups is 1. The molecule has 0 aromatic heterocycles. The molecule has 1 aromatic rings. The highest BCUT2D eigenvalue weighted by Gasteiger charge is 2.22. The van der Waals surface area contributed by atoms with E-state index in [-0.39, 0.29) is 5.97 Å². The van der Waals surface area contributed by atoms with Crippen molar-refractivity contribution in [3.8, 4) is 0 Å². The van der Waals surface area contributed by atoms with Gasteiger partial charge in [0.25, 0.3) is 0 Å². The minimum atomic E-state index is -0.488. The maximum absolute atomic E-state index is 12.3. The van der Waals surface area contributed by atoms with Gasteiger partial charge in [-0.2, -0.15) is 0 Å². The quantitative estimate of drug-likeness (QED) is 0.292. The second-order valence-corrected chi connectivity index (χ2v) is 10.1. The standard InChI is InChI=1S/C25H32BrClO2/c1-5-8-22(23(26)17-18-9-6-7-10-21(27)16-11-18)19-12-14-20(15-13-19)24(28)29-25(2,3)4/h9-16,22-23H,5-8,17H2,1-4H3. The highest BCUT2D eigenvalue weighted by molar-refractivity contribution is 9.09. The van der Waals surface area contributed by atoms with Crippen LogP contribution in [0.1, 0.15) is 81.6 Å². The lowest BCUT2D eigenvalue weighted by Crippen LogP contribution is -2.23. The van der Waals surface area contributed by atoms with Crippen LogP contribution in [0.25, 0.3) is 0 Å². The van der Waals surface area contributed by atoms with Crippen molar-refractivity contribution in [2.45, 2.75) is 76.1 Å². The minimum absolute atomic E-state index is 0.277. The minimum Gasteiger partial charge on any atom is -0.456 e. The van der Waals surface area contributed by atoms with Crippen molar-refractivity contribution in [2.24, 2.45) is 0 Å². The molecule has 0 radical (unpaired) electrons. The second kappa shape index (κ2) is 11.2. The van der Waals surface area contributed by atoms with Crippen LogP contribution < -0.4 is 0 Å². The van der Waals surface area contributed by atoms with E-state index in [1.54, 1.807) is 0 Å². The normalized spacial score (nSPS) is 16.9. The Morgan fingerprint density at radius 1 is 1.14 bits per heavy atom. The van der Waals surface area contributed by atoms with Crippen LogP contribution in [0.2, 0.25) is 0 Å². The van der Waals surface area contributed by atoms with Crippen LogP contribution in [0.5, 0.6) is 0 Å². The van der Waals surface area contributed by atoms with E-state index in [0.29, 0.717) is 16.3 Å². The van der Waals surface area contributed by atoms with Crippen LogP contribution in [0, 0.1) is 0 Å². The monoisotopic (exact) mass is 478 g/mol. The second-order valence-electron chi connectivity index (χ2n) is 8.52. The molecular formula is C25H32BrClO2. The molecule has 158 valence electrons. The molecule has 0 fully saturated rings. The molecule has 29 heavy (non-hydrogen) atoms. The Bertz CT molecular complexity index is 769. The van der Waals surface area contributed by atoms with E-state index in [2.05, 4.69) is 53.2 Å². The summed E-state index contributed by atoms with van der Waals surface area (Å²) in [5, 5.41) is 0.810. The van der Waals surface area contributed by atoms with Gasteiger partial charge in [-0.05, 0) is 76.1 Å². The molecular weight excluding hydrogens is 448 g/mol. The fourth-order valence-electron chi connectivity index (χ4n) is 3.40. The molecule has 2 atom stereocenters. The fourth-order valence-corrected chi connectivity index (χ4v) is 4.52. The molecule has 0 N–H and O–H groups in total. The molecule has 2 unspecified atom stereocenters. The highest BCUT2D eigenvalue weighted by Crippen LogP contribution is 2.34. The third kappa shape index (κ3) is 8.14. The Labute approximate surface area is 189 Å². The number of ether oxygens (including phenoxy) is 1. The molecule has 2 nitrogen and oxygen atoms in total. The van der Waals surface area contributed by atoms with Crippen LogP contribution in [0.4, 0.5) is 0 Å². The van der Waals surface area contributed by atoms with Crippen LogP contribution in [-0.4, -0.2) is 16.4 Å². The summed E-state index contributed by atoms with van der Waals surface area (Å²) in [6, 6.07) is 7.89. The number of hydrogen-bond donors (Lipinski definition) is 0. The summed E-state index contributed by atoms with van der Waals surface area (Å²) in [5.41, 5.74) is 2.66. The first-order chi connectivity index (χ1) is 13.7. The van der Waals surface area contributed by atoms with Gasteiger partial charge in [0.1, 0.15) is 5.60 Å². The van der Waals surface area contributed by atoms with Gasteiger partial charge < -0.3 is 4.74 Å². The first-order valence-corrected chi connectivity index (χ1v) is 11.7. The Balaban J connectivity index is 2.12. The maximum atomic E-state index is 12.3. The van der Waals surface area contributed by atoms with E-state index in [4.69, 9.17) is 16.3 Å². The van der Waals surface area contributed by atoms with Gasteiger partial charge in [-0.3, -0.25) is 0 Å². The van der Waals surface area contributed by atoms with E-state index in [9.17, 15) is 4.79 Å². The van der Waals surface area contributed by atoms with Crippen molar-refractivity contribution in [1.82, 2.24) is 0 Å². The van der Waals surface area contributed by atoms with Crippen molar-refractivity contribution in [2.75, 3.05) is 0 Å². The summed E-state index contributed by atoms with van der Waals surface area (Å²) in [6.07, 6.45) is 13.6. The van der Waals surface area contributed by atoms with Gasteiger partial charge in [0, 0.05) is 9.86 Å². The zero-order valence-electron chi connectivity index (χ0n) is 17.9. The Morgan fingerprint density at radius 2 is 1.79 bits per heavy atom. The molecule has 0 bridgehead atoms. The molecule has 2 rings (SSSR count). The number of benzene rings is 1. The number of hydrogen-bond acceptors (Lipinski definition) is 2. The fraction of sp³-hybridized carbons (Fsp3) is 0.480. The Hall–Kier alpha value is -1.32. The largest absolute Gasteiger partial charge is 0.456 e. The predicted molar refractivity (Wildman–Crippen MR) is 127 cm³/mol. The zero-order valence-corrected chi connectivity index (χ0v) is 20.2. The maximum Gasteiger partial charge on any atom is 0.338 e. The van der Waals surface area contributed by atoms with Gasteiger partial charge in [0.15, 0.2) is 0 Å². The molecule has 0 heterocycles. The summed E-state index contributed by atoms with van der Waals surface area (Å²) in [4.78, 5) is 12.6. The van der Waals surface area contributed by atoms with Gasteiger partial charge >= 0.3 is 5.97 Å². The summed E-state index contributed by atoms with van der Waals surface area (Å²) >= 11 is 10.1. The smallest absolute Gasteiger partial charge is 0.338 e. The van der Waals surface area contributed by atoms with Crippen molar-refractivity contribution >= 4 is 33.5 Å². The number of halogens is 2. The van der Waals surface area contributed by atoms with Gasteiger partial charge in [0.05, 0.1) is 5.56 Å².